The molecule has 0 radical (unpaired) electrons. The van der Waals surface area contributed by atoms with Gasteiger partial charge in [-0.15, -0.1) is 0 Å². The zero-order chi connectivity index (χ0) is 15.4. The van der Waals surface area contributed by atoms with Crippen molar-refractivity contribution >= 4 is 28.9 Å². The molecule has 1 aliphatic rings. The Hall–Kier alpha value is -2.27. The van der Waals surface area contributed by atoms with E-state index < -0.39 is 0 Å². The second kappa shape index (κ2) is 7.83. The first kappa shape index (κ1) is 17.1. The molecule has 0 bridgehead atoms. The van der Waals surface area contributed by atoms with Crippen LogP contribution in [0, 0.1) is 0 Å². The zero-order valence-electron chi connectivity index (χ0n) is 12.3. The van der Waals surface area contributed by atoms with E-state index >= 15 is 0 Å². The van der Waals surface area contributed by atoms with E-state index in [1.54, 1.807) is 19.5 Å². The molecule has 0 aliphatic carbocycles. The fourth-order valence-electron chi connectivity index (χ4n) is 2.35. The van der Waals surface area contributed by atoms with Crippen LogP contribution in [0.1, 0.15) is 13.8 Å². The second-order valence-corrected chi connectivity index (χ2v) is 5.38. The Morgan fingerprint density at radius 3 is 2.65 bits per heavy atom. The van der Waals surface area contributed by atoms with Crippen molar-refractivity contribution in [2.24, 2.45) is 0 Å². The third kappa shape index (κ3) is 4.13. The number of rotatable bonds is 4. The molecule has 23 heavy (non-hydrogen) atoms. The summed E-state index contributed by atoms with van der Waals surface area (Å²) in [7, 11) is 1.66. The van der Waals surface area contributed by atoms with Crippen LogP contribution in [0.25, 0.3) is 0 Å². The van der Waals surface area contributed by atoms with E-state index in [1.807, 2.05) is 12.1 Å². The molecule has 1 aromatic heterocycles. The summed E-state index contributed by atoms with van der Waals surface area (Å²) < 4.78 is 5.48. The van der Waals surface area contributed by atoms with Gasteiger partial charge in [0.15, 0.2) is 0 Å². The lowest BCUT2D eigenvalue weighted by molar-refractivity contribution is 0.416. The van der Waals surface area contributed by atoms with Gasteiger partial charge in [0, 0.05) is 24.8 Å². The number of aromatic nitrogens is 2. The first-order valence-corrected chi connectivity index (χ1v) is 7.46. The Labute approximate surface area is 142 Å². The van der Waals surface area contributed by atoms with Crippen molar-refractivity contribution in [1.29, 1.82) is 0 Å². The molecule has 122 valence electrons. The average molecular weight is 333 g/mol. The molecule has 0 saturated heterocycles. The first-order chi connectivity index (χ1) is 10.8. The van der Waals surface area contributed by atoms with Gasteiger partial charge in [0.1, 0.15) is 5.75 Å². The smallest absolute Gasteiger partial charge is 0.227 e. The van der Waals surface area contributed by atoms with E-state index in [0.29, 0.717) is 11.0 Å². The summed E-state index contributed by atoms with van der Waals surface area (Å²) in [6.45, 7) is 1.95. The molecule has 0 saturated carbocycles. The molecule has 3 rings (SSSR count). The maximum absolute atomic E-state index is 5.79. The van der Waals surface area contributed by atoms with Gasteiger partial charge in [-0.05, 0) is 18.6 Å². The highest BCUT2D eigenvalue weighted by Gasteiger charge is 2.11. The van der Waals surface area contributed by atoms with E-state index in [9.17, 15) is 0 Å². The number of methoxy groups -OCH3 is 1. The molecular weight excluding hydrogens is 312 g/mol. The van der Waals surface area contributed by atoms with Crippen molar-refractivity contribution < 1.29 is 4.74 Å². The Morgan fingerprint density at radius 2 is 2.00 bits per heavy atom. The summed E-state index contributed by atoms with van der Waals surface area (Å²) in [5.74, 6) is 1.24. The van der Waals surface area contributed by atoms with Crippen molar-refractivity contribution in [2.75, 3.05) is 30.4 Å². The number of halogens is 1. The number of hydrogen-bond donors (Lipinski definition) is 1. The standard InChI is InChI=1S/C16H17ClN4O.CH4/c1-22-15-9-13(21-7-3-2-4-8-21)5-6-14(15)20-16-18-10-12(17)11-19-16;/h2-3,5-6,9-11H,4,7-8H2,1H3,(H,18,19,20);1H4. The molecule has 0 amide bonds. The van der Waals surface area contributed by atoms with Gasteiger partial charge in [-0.2, -0.15) is 0 Å². The molecule has 5 nitrogen and oxygen atoms in total. The van der Waals surface area contributed by atoms with Crippen LogP contribution in [0.4, 0.5) is 17.3 Å². The van der Waals surface area contributed by atoms with Crippen molar-refractivity contribution in [3.63, 3.8) is 0 Å². The third-order valence-electron chi connectivity index (χ3n) is 3.48. The van der Waals surface area contributed by atoms with Crippen molar-refractivity contribution in [2.45, 2.75) is 13.8 Å². The van der Waals surface area contributed by atoms with Gasteiger partial charge in [-0.3, -0.25) is 0 Å². The Balaban J connectivity index is 0.00000192. The Kier molecular flexibility index (Phi) is 5.82. The molecule has 2 heterocycles. The monoisotopic (exact) mass is 332 g/mol. The van der Waals surface area contributed by atoms with Crippen molar-refractivity contribution in [3.05, 3.63) is 47.8 Å². The molecule has 1 N–H and O–H groups in total. The van der Waals surface area contributed by atoms with Crippen LogP contribution < -0.4 is 15.0 Å². The third-order valence-corrected chi connectivity index (χ3v) is 3.67. The summed E-state index contributed by atoms with van der Waals surface area (Å²) in [4.78, 5) is 10.6. The van der Waals surface area contributed by atoms with E-state index in [0.717, 1.165) is 36.6 Å². The molecule has 2 aromatic rings. The fourth-order valence-corrected chi connectivity index (χ4v) is 2.45. The van der Waals surface area contributed by atoms with Gasteiger partial charge < -0.3 is 15.0 Å². The van der Waals surface area contributed by atoms with Crippen LogP contribution in [0.5, 0.6) is 5.75 Å². The highest BCUT2D eigenvalue weighted by molar-refractivity contribution is 6.30. The maximum atomic E-state index is 5.79. The summed E-state index contributed by atoms with van der Waals surface area (Å²) in [5, 5.41) is 3.65. The van der Waals surface area contributed by atoms with Crippen LogP contribution in [0.15, 0.2) is 42.7 Å². The highest BCUT2D eigenvalue weighted by atomic mass is 35.5. The lowest BCUT2D eigenvalue weighted by atomic mass is 10.2. The van der Waals surface area contributed by atoms with Crippen LogP contribution in [0.2, 0.25) is 5.02 Å². The average Bonchev–Trinajstić information content (AvgIpc) is 2.58. The Morgan fingerprint density at radius 1 is 1.22 bits per heavy atom. The largest absolute Gasteiger partial charge is 0.494 e. The molecule has 0 spiro atoms. The normalized spacial score (nSPS) is 13.4. The molecule has 0 unspecified atom stereocenters. The topological polar surface area (TPSA) is 50.3 Å². The van der Waals surface area contributed by atoms with E-state index in [4.69, 9.17) is 16.3 Å². The molecular formula is C17H21ClN4O. The van der Waals surface area contributed by atoms with Gasteiger partial charge in [0.05, 0.1) is 30.2 Å². The highest BCUT2D eigenvalue weighted by Crippen LogP contribution is 2.31. The maximum Gasteiger partial charge on any atom is 0.227 e. The number of nitrogens with one attached hydrogen (secondary N) is 1. The quantitative estimate of drug-likeness (QED) is 0.847. The van der Waals surface area contributed by atoms with Crippen LogP contribution in [0.3, 0.4) is 0 Å². The molecule has 0 fully saturated rings. The fraction of sp³-hybridized carbons (Fsp3) is 0.294. The number of anilines is 3. The lowest BCUT2D eigenvalue weighted by Gasteiger charge is -2.26. The zero-order valence-corrected chi connectivity index (χ0v) is 13.0. The van der Waals surface area contributed by atoms with E-state index in [2.05, 4.69) is 38.4 Å². The predicted octanol–water partition coefficient (Wildman–Crippen LogP) is 4.28. The summed E-state index contributed by atoms with van der Waals surface area (Å²) in [6.07, 6.45) is 8.57. The first-order valence-electron chi connectivity index (χ1n) is 7.09. The SMILES string of the molecule is C.COc1cc(N2CC=CCC2)ccc1Nc1ncc(Cl)cn1. The van der Waals surface area contributed by atoms with Gasteiger partial charge in [0.2, 0.25) is 5.95 Å². The van der Waals surface area contributed by atoms with Gasteiger partial charge in [-0.25, -0.2) is 9.97 Å². The Bertz CT molecular complexity index is 673. The molecule has 0 atom stereocenters. The minimum Gasteiger partial charge on any atom is -0.494 e. The number of benzene rings is 1. The molecule has 1 aliphatic heterocycles. The van der Waals surface area contributed by atoms with Crippen LogP contribution in [-0.4, -0.2) is 30.2 Å². The van der Waals surface area contributed by atoms with Crippen LogP contribution in [-0.2, 0) is 0 Å². The van der Waals surface area contributed by atoms with Gasteiger partial charge >= 0.3 is 0 Å². The minimum absolute atomic E-state index is 0. The van der Waals surface area contributed by atoms with Crippen molar-refractivity contribution in [1.82, 2.24) is 9.97 Å². The number of hydrogen-bond acceptors (Lipinski definition) is 5. The predicted molar refractivity (Wildman–Crippen MR) is 96.0 cm³/mol. The van der Waals surface area contributed by atoms with E-state index in [-0.39, 0.29) is 7.43 Å². The number of ether oxygens (including phenoxy) is 1. The second-order valence-electron chi connectivity index (χ2n) is 4.94. The summed E-state index contributed by atoms with van der Waals surface area (Å²) in [5.41, 5.74) is 1.96. The summed E-state index contributed by atoms with van der Waals surface area (Å²) in [6, 6.07) is 6.07. The number of nitrogens with zero attached hydrogens (tertiary/aromatic N) is 3. The van der Waals surface area contributed by atoms with Crippen molar-refractivity contribution in [3.8, 4) is 5.75 Å². The van der Waals surface area contributed by atoms with Gasteiger partial charge in [-0.1, -0.05) is 31.2 Å². The van der Waals surface area contributed by atoms with Crippen LogP contribution >= 0.6 is 11.6 Å². The van der Waals surface area contributed by atoms with Gasteiger partial charge in [0.25, 0.3) is 0 Å². The molecule has 6 heteroatoms. The van der Waals surface area contributed by atoms with E-state index in [1.165, 1.54) is 0 Å². The summed E-state index contributed by atoms with van der Waals surface area (Å²) >= 11 is 5.79. The molecule has 1 aromatic carbocycles. The lowest BCUT2D eigenvalue weighted by Crippen LogP contribution is -2.26. The minimum atomic E-state index is 0.